The van der Waals surface area contributed by atoms with E-state index in [9.17, 15) is 0 Å². The number of ether oxygens (including phenoxy) is 1. The minimum Gasteiger partial charge on any atom is -0.494 e. The highest BCUT2D eigenvalue weighted by molar-refractivity contribution is 5.27. The van der Waals surface area contributed by atoms with E-state index in [0.717, 1.165) is 38.0 Å². The van der Waals surface area contributed by atoms with E-state index in [0.29, 0.717) is 6.42 Å². The highest BCUT2D eigenvalue weighted by Gasteiger charge is 2.21. The fourth-order valence-electron chi connectivity index (χ4n) is 2.66. The van der Waals surface area contributed by atoms with E-state index >= 15 is 0 Å². The van der Waals surface area contributed by atoms with Gasteiger partial charge in [0.15, 0.2) is 0 Å². The van der Waals surface area contributed by atoms with Crippen molar-refractivity contribution < 1.29 is 14.9 Å². The summed E-state index contributed by atoms with van der Waals surface area (Å²) in [4.78, 5) is 0. The summed E-state index contributed by atoms with van der Waals surface area (Å²) in [6.07, 6.45) is 9.77. The molecule has 4 nitrogen and oxygen atoms in total. The first-order valence-corrected chi connectivity index (χ1v) is 9.36. The van der Waals surface area contributed by atoms with Gasteiger partial charge in [-0.1, -0.05) is 51.2 Å². The third-order valence-electron chi connectivity index (χ3n) is 4.46. The smallest absolute Gasteiger partial charge is 0.119 e. The standard InChI is InChI=1S/C20H35NO3/c1-2-3-4-5-8-15-24-19-12-10-18(11-13-19)9-6-7-14-20(21,16-22)17-23/h10-13,22-23H,2-9,14-17,21H2,1H3. The van der Waals surface area contributed by atoms with Crippen molar-refractivity contribution in [1.82, 2.24) is 0 Å². The van der Waals surface area contributed by atoms with Crippen LogP contribution in [0.5, 0.6) is 5.75 Å². The first-order chi connectivity index (χ1) is 11.6. The number of nitrogens with two attached hydrogens (primary N) is 1. The number of hydrogen-bond acceptors (Lipinski definition) is 4. The number of aryl methyl sites for hydroxylation is 1. The van der Waals surface area contributed by atoms with Crippen molar-refractivity contribution in [2.24, 2.45) is 5.73 Å². The SMILES string of the molecule is CCCCCCCOc1ccc(CCCCC(N)(CO)CO)cc1. The number of benzene rings is 1. The van der Waals surface area contributed by atoms with Crippen LogP contribution in [-0.2, 0) is 6.42 Å². The molecule has 0 radical (unpaired) electrons. The predicted octanol–water partition coefficient (Wildman–Crippen LogP) is 3.43. The number of aliphatic hydroxyl groups is 2. The maximum atomic E-state index is 9.16. The van der Waals surface area contributed by atoms with Gasteiger partial charge in [-0.05, 0) is 43.4 Å². The molecule has 1 aromatic rings. The lowest BCUT2D eigenvalue weighted by Crippen LogP contribution is -2.47. The third-order valence-corrected chi connectivity index (χ3v) is 4.46. The van der Waals surface area contributed by atoms with Crippen LogP contribution in [0.15, 0.2) is 24.3 Å². The highest BCUT2D eigenvalue weighted by atomic mass is 16.5. The van der Waals surface area contributed by atoms with Gasteiger partial charge in [-0.15, -0.1) is 0 Å². The number of unbranched alkanes of at least 4 members (excludes halogenated alkanes) is 5. The van der Waals surface area contributed by atoms with Crippen LogP contribution in [0.3, 0.4) is 0 Å². The Hall–Kier alpha value is -1.10. The van der Waals surface area contributed by atoms with Crippen molar-refractivity contribution in [3.8, 4) is 5.75 Å². The lowest BCUT2D eigenvalue weighted by Gasteiger charge is -2.24. The summed E-state index contributed by atoms with van der Waals surface area (Å²) in [6.45, 7) is 2.68. The molecule has 0 bridgehead atoms. The predicted molar refractivity (Wildman–Crippen MR) is 99.3 cm³/mol. The average molecular weight is 338 g/mol. The minimum absolute atomic E-state index is 0.173. The average Bonchev–Trinajstić information content (AvgIpc) is 2.62. The van der Waals surface area contributed by atoms with Crippen molar-refractivity contribution in [1.29, 1.82) is 0 Å². The first-order valence-electron chi connectivity index (χ1n) is 9.36. The van der Waals surface area contributed by atoms with Crippen LogP contribution < -0.4 is 10.5 Å². The van der Waals surface area contributed by atoms with E-state index in [1.807, 2.05) is 12.1 Å². The van der Waals surface area contributed by atoms with Crippen LogP contribution in [0.4, 0.5) is 0 Å². The minimum atomic E-state index is -0.838. The molecule has 4 N–H and O–H groups in total. The molecule has 0 amide bonds. The maximum Gasteiger partial charge on any atom is 0.119 e. The Morgan fingerprint density at radius 3 is 2.21 bits per heavy atom. The Labute approximate surface area is 147 Å². The molecule has 0 aliphatic heterocycles. The van der Waals surface area contributed by atoms with Crippen LogP contribution in [0, 0.1) is 0 Å². The molecule has 0 spiro atoms. The van der Waals surface area contributed by atoms with Crippen LogP contribution in [0.1, 0.15) is 63.9 Å². The van der Waals surface area contributed by atoms with Crippen molar-refractivity contribution in [3.63, 3.8) is 0 Å². The summed E-state index contributed by atoms with van der Waals surface area (Å²) < 4.78 is 5.77. The molecule has 24 heavy (non-hydrogen) atoms. The monoisotopic (exact) mass is 337 g/mol. The third kappa shape index (κ3) is 8.67. The van der Waals surface area contributed by atoms with Gasteiger partial charge in [-0.2, -0.15) is 0 Å². The molecular formula is C20H35NO3. The fourth-order valence-corrected chi connectivity index (χ4v) is 2.66. The summed E-state index contributed by atoms with van der Waals surface area (Å²) in [5, 5.41) is 18.3. The Morgan fingerprint density at radius 2 is 1.58 bits per heavy atom. The molecule has 138 valence electrons. The summed E-state index contributed by atoms with van der Waals surface area (Å²) in [7, 11) is 0. The highest BCUT2D eigenvalue weighted by Crippen LogP contribution is 2.16. The van der Waals surface area contributed by atoms with E-state index in [4.69, 9.17) is 20.7 Å². The van der Waals surface area contributed by atoms with Gasteiger partial charge in [0.25, 0.3) is 0 Å². The molecular weight excluding hydrogens is 302 g/mol. The molecule has 0 atom stereocenters. The first kappa shape index (κ1) is 20.9. The van der Waals surface area contributed by atoms with E-state index in [-0.39, 0.29) is 13.2 Å². The van der Waals surface area contributed by atoms with Crippen LogP contribution in [-0.4, -0.2) is 35.6 Å². The molecule has 1 rings (SSSR count). The van der Waals surface area contributed by atoms with Crippen LogP contribution in [0.25, 0.3) is 0 Å². The number of rotatable bonds is 14. The van der Waals surface area contributed by atoms with Crippen molar-refractivity contribution in [2.75, 3.05) is 19.8 Å². The van der Waals surface area contributed by atoms with Gasteiger partial charge in [-0.3, -0.25) is 0 Å². The maximum absolute atomic E-state index is 9.16. The molecule has 0 unspecified atom stereocenters. The fraction of sp³-hybridized carbons (Fsp3) is 0.700. The molecule has 0 saturated carbocycles. The van der Waals surface area contributed by atoms with Gasteiger partial charge in [0.2, 0.25) is 0 Å². The van der Waals surface area contributed by atoms with Crippen LogP contribution >= 0.6 is 0 Å². The molecule has 0 aliphatic rings. The zero-order chi connectivity index (χ0) is 17.7. The van der Waals surface area contributed by atoms with E-state index in [1.54, 1.807) is 0 Å². The topological polar surface area (TPSA) is 75.7 Å². The lowest BCUT2D eigenvalue weighted by atomic mass is 9.94. The van der Waals surface area contributed by atoms with Gasteiger partial charge in [-0.25, -0.2) is 0 Å². The van der Waals surface area contributed by atoms with Crippen molar-refractivity contribution in [2.45, 2.75) is 70.3 Å². The zero-order valence-corrected chi connectivity index (χ0v) is 15.2. The normalized spacial score (nSPS) is 11.7. The molecule has 1 aromatic carbocycles. The second-order valence-corrected chi connectivity index (χ2v) is 6.79. The largest absolute Gasteiger partial charge is 0.494 e. The van der Waals surface area contributed by atoms with E-state index < -0.39 is 5.54 Å². The van der Waals surface area contributed by atoms with Crippen molar-refractivity contribution in [3.05, 3.63) is 29.8 Å². The molecule has 0 aliphatic carbocycles. The molecule has 0 fully saturated rings. The Balaban J connectivity index is 2.18. The van der Waals surface area contributed by atoms with Gasteiger partial charge in [0.05, 0.1) is 25.4 Å². The van der Waals surface area contributed by atoms with Gasteiger partial charge < -0.3 is 20.7 Å². The molecule has 0 aromatic heterocycles. The summed E-state index contributed by atoms with van der Waals surface area (Å²) >= 11 is 0. The van der Waals surface area contributed by atoms with Crippen LogP contribution in [0.2, 0.25) is 0 Å². The summed E-state index contributed by atoms with van der Waals surface area (Å²) in [5.74, 6) is 0.941. The second-order valence-electron chi connectivity index (χ2n) is 6.79. The summed E-state index contributed by atoms with van der Waals surface area (Å²) in [6, 6.07) is 8.30. The Bertz CT molecular complexity index is 415. The Kier molecular flexibility index (Phi) is 10.7. The second kappa shape index (κ2) is 12.3. The molecule has 4 heteroatoms. The van der Waals surface area contributed by atoms with E-state index in [1.165, 1.54) is 31.2 Å². The molecule has 0 saturated heterocycles. The zero-order valence-electron chi connectivity index (χ0n) is 15.2. The van der Waals surface area contributed by atoms with Gasteiger partial charge in [0.1, 0.15) is 5.75 Å². The van der Waals surface area contributed by atoms with Gasteiger partial charge in [0, 0.05) is 0 Å². The molecule has 0 heterocycles. The van der Waals surface area contributed by atoms with E-state index in [2.05, 4.69) is 19.1 Å². The quantitative estimate of drug-likeness (QED) is 0.455. The Morgan fingerprint density at radius 1 is 0.917 bits per heavy atom. The summed E-state index contributed by atoms with van der Waals surface area (Å²) in [5.41, 5.74) is 6.30. The van der Waals surface area contributed by atoms with Crippen molar-refractivity contribution >= 4 is 0 Å². The number of hydrogen-bond donors (Lipinski definition) is 3. The van der Waals surface area contributed by atoms with Gasteiger partial charge >= 0.3 is 0 Å². The number of aliphatic hydroxyl groups excluding tert-OH is 2. The lowest BCUT2D eigenvalue weighted by molar-refractivity contribution is 0.112.